The van der Waals surface area contributed by atoms with Crippen molar-refractivity contribution in [2.45, 2.75) is 50.6 Å². The third kappa shape index (κ3) is 2.53. The number of carbonyl (C=O) groups excluding carboxylic acids is 1. The van der Waals surface area contributed by atoms with Crippen molar-refractivity contribution in [2.75, 3.05) is 4.90 Å². The maximum Gasteiger partial charge on any atom is 0.244 e. The number of carbonyl (C=O) groups is 1. The van der Waals surface area contributed by atoms with Crippen LogP contribution in [0.15, 0.2) is 48.5 Å². The van der Waals surface area contributed by atoms with Gasteiger partial charge in [-0.2, -0.15) is 0 Å². The summed E-state index contributed by atoms with van der Waals surface area (Å²) in [7, 11) is 0. The molecular weight excluding hydrogens is 296 g/mol. The summed E-state index contributed by atoms with van der Waals surface area (Å²) in [5, 5.41) is 0. The second-order valence-corrected chi connectivity index (χ2v) is 7.12. The molecule has 0 spiro atoms. The summed E-state index contributed by atoms with van der Waals surface area (Å²) in [6.45, 7) is 2.09. The maximum atomic E-state index is 12.9. The van der Waals surface area contributed by atoms with E-state index in [1.807, 2.05) is 23.1 Å². The van der Waals surface area contributed by atoms with Crippen LogP contribution in [-0.2, 0) is 11.2 Å². The van der Waals surface area contributed by atoms with E-state index in [1.54, 1.807) is 0 Å². The van der Waals surface area contributed by atoms with Gasteiger partial charge in [0.05, 0.1) is 12.1 Å². The van der Waals surface area contributed by atoms with Gasteiger partial charge in [0.15, 0.2) is 0 Å². The first-order valence-electron chi connectivity index (χ1n) is 8.91. The monoisotopic (exact) mass is 320 g/mol. The summed E-state index contributed by atoms with van der Waals surface area (Å²) in [4.78, 5) is 14.8. The molecule has 4 rings (SSSR count). The van der Waals surface area contributed by atoms with Gasteiger partial charge in [0.1, 0.15) is 0 Å². The molecule has 0 saturated heterocycles. The number of anilines is 1. The van der Waals surface area contributed by atoms with Gasteiger partial charge in [-0.15, -0.1) is 0 Å². The first kappa shape index (κ1) is 15.4. The Hall–Kier alpha value is -2.13. The highest BCUT2D eigenvalue weighted by Gasteiger charge is 2.34. The molecule has 124 valence electrons. The van der Waals surface area contributed by atoms with E-state index in [0.29, 0.717) is 12.3 Å². The van der Waals surface area contributed by atoms with Crippen LogP contribution < -0.4 is 10.6 Å². The van der Waals surface area contributed by atoms with E-state index in [2.05, 4.69) is 37.3 Å². The van der Waals surface area contributed by atoms with Crippen LogP contribution in [0.4, 0.5) is 5.69 Å². The lowest BCUT2D eigenvalue weighted by Crippen LogP contribution is -2.49. The van der Waals surface area contributed by atoms with E-state index in [-0.39, 0.29) is 11.9 Å². The molecule has 2 aliphatic rings. The van der Waals surface area contributed by atoms with Gasteiger partial charge in [-0.3, -0.25) is 4.79 Å². The molecule has 1 heterocycles. The minimum absolute atomic E-state index is 0.0135. The number of nitrogens with two attached hydrogens (primary N) is 1. The molecule has 24 heavy (non-hydrogen) atoms. The molecule has 2 aromatic rings. The van der Waals surface area contributed by atoms with Gasteiger partial charge in [-0.25, -0.2) is 0 Å². The van der Waals surface area contributed by atoms with Crippen LogP contribution in [0.2, 0.25) is 0 Å². The van der Waals surface area contributed by atoms with E-state index in [9.17, 15) is 4.79 Å². The Morgan fingerprint density at radius 2 is 1.88 bits per heavy atom. The zero-order valence-electron chi connectivity index (χ0n) is 14.1. The number of benzene rings is 2. The highest BCUT2D eigenvalue weighted by Crippen LogP contribution is 2.41. The summed E-state index contributed by atoms with van der Waals surface area (Å²) < 4.78 is 0. The molecule has 1 saturated carbocycles. The first-order chi connectivity index (χ1) is 11.6. The molecule has 3 heteroatoms. The molecule has 1 aliphatic carbocycles. The summed E-state index contributed by atoms with van der Waals surface area (Å²) in [5.41, 5.74) is 10.9. The first-order valence-corrected chi connectivity index (χ1v) is 8.91. The second-order valence-electron chi connectivity index (χ2n) is 7.12. The largest absolute Gasteiger partial charge is 0.320 e. The van der Waals surface area contributed by atoms with Crippen LogP contribution in [0.1, 0.15) is 54.8 Å². The summed E-state index contributed by atoms with van der Waals surface area (Å²) in [6.07, 6.45) is 4.48. The van der Waals surface area contributed by atoms with Crippen molar-refractivity contribution in [1.82, 2.24) is 0 Å². The van der Waals surface area contributed by atoms with Gasteiger partial charge in [0.25, 0.3) is 0 Å². The molecule has 0 bridgehead atoms. The van der Waals surface area contributed by atoms with Crippen molar-refractivity contribution in [3.8, 4) is 0 Å². The number of fused-ring (bicyclic) bond motifs is 1. The van der Waals surface area contributed by atoms with E-state index >= 15 is 0 Å². The SMILES string of the molecule is C[C@@H](c1ccccc1)N1C(=O)[C@H](N)Cc2ccc(C3CCC3)cc21. The number of hydrogen-bond donors (Lipinski definition) is 1. The molecule has 1 amide bonds. The number of hydrogen-bond acceptors (Lipinski definition) is 2. The summed E-state index contributed by atoms with van der Waals surface area (Å²) in [5.74, 6) is 0.694. The van der Waals surface area contributed by atoms with Crippen LogP contribution in [0.25, 0.3) is 0 Å². The molecule has 3 nitrogen and oxygen atoms in total. The van der Waals surface area contributed by atoms with Crippen molar-refractivity contribution in [3.05, 3.63) is 65.2 Å². The smallest absolute Gasteiger partial charge is 0.244 e. The van der Waals surface area contributed by atoms with E-state index in [4.69, 9.17) is 5.73 Å². The van der Waals surface area contributed by atoms with Gasteiger partial charge >= 0.3 is 0 Å². The van der Waals surface area contributed by atoms with Crippen molar-refractivity contribution in [3.63, 3.8) is 0 Å². The van der Waals surface area contributed by atoms with Crippen molar-refractivity contribution in [2.24, 2.45) is 5.73 Å². The highest BCUT2D eigenvalue weighted by molar-refractivity contribution is 6.00. The van der Waals surface area contributed by atoms with Gasteiger partial charge in [-0.05, 0) is 54.9 Å². The van der Waals surface area contributed by atoms with Crippen LogP contribution >= 0.6 is 0 Å². The van der Waals surface area contributed by atoms with E-state index in [1.165, 1.54) is 30.4 Å². The molecule has 2 N–H and O–H groups in total. The Kier molecular flexibility index (Phi) is 3.89. The Balaban J connectivity index is 1.76. The van der Waals surface area contributed by atoms with E-state index < -0.39 is 6.04 Å². The topological polar surface area (TPSA) is 46.3 Å². The van der Waals surface area contributed by atoms with Crippen molar-refractivity contribution in [1.29, 1.82) is 0 Å². The number of amides is 1. The van der Waals surface area contributed by atoms with Gasteiger partial charge in [-0.1, -0.05) is 48.9 Å². The Morgan fingerprint density at radius 1 is 1.12 bits per heavy atom. The fourth-order valence-electron chi connectivity index (χ4n) is 3.87. The lowest BCUT2D eigenvalue weighted by atomic mass is 9.79. The lowest BCUT2D eigenvalue weighted by Gasteiger charge is -2.38. The molecule has 2 atom stereocenters. The molecular formula is C21H24N2O. The minimum atomic E-state index is -0.446. The van der Waals surface area contributed by atoms with Crippen molar-refractivity contribution >= 4 is 11.6 Å². The van der Waals surface area contributed by atoms with Crippen LogP contribution in [0, 0.1) is 0 Å². The average Bonchev–Trinajstić information content (AvgIpc) is 2.55. The molecule has 1 aliphatic heterocycles. The fraction of sp³-hybridized carbons (Fsp3) is 0.381. The summed E-state index contributed by atoms with van der Waals surface area (Å²) in [6, 6.07) is 16.4. The number of nitrogens with zero attached hydrogens (tertiary/aromatic N) is 1. The standard InChI is InChI=1S/C21H24N2O/c1-14(15-6-3-2-4-7-15)23-20-13-17(16-8-5-9-16)10-11-18(20)12-19(22)21(23)24/h2-4,6-7,10-11,13-14,16,19H,5,8-9,12,22H2,1H3/t14-,19+/m0/s1. The second kappa shape index (κ2) is 6.06. The van der Waals surface area contributed by atoms with Crippen LogP contribution in [-0.4, -0.2) is 11.9 Å². The predicted molar refractivity (Wildman–Crippen MR) is 97.1 cm³/mol. The molecule has 0 aromatic heterocycles. The third-order valence-corrected chi connectivity index (χ3v) is 5.61. The highest BCUT2D eigenvalue weighted by atomic mass is 16.2. The maximum absolute atomic E-state index is 12.9. The van der Waals surface area contributed by atoms with Gasteiger partial charge in [0, 0.05) is 5.69 Å². The zero-order valence-corrected chi connectivity index (χ0v) is 14.1. The third-order valence-electron chi connectivity index (χ3n) is 5.61. The van der Waals surface area contributed by atoms with Crippen LogP contribution in [0.5, 0.6) is 0 Å². The minimum Gasteiger partial charge on any atom is -0.320 e. The molecule has 1 fully saturated rings. The quantitative estimate of drug-likeness (QED) is 0.931. The molecule has 0 unspecified atom stereocenters. The molecule has 2 aromatic carbocycles. The normalized spacial score (nSPS) is 22.0. The van der Waals surface area contributed by atoms with Gasteiger partial charge in [0.2, 0.25) is 5.91 Å². The van der Waals surface area contributed by atoms with Crippen molar-refractivity contribution < 1.29 is 4.79 Å². The predicted octanol–water partition coefficient (Wildman–Crippen LogP) is 3.93. The lowest BCUT2D eigenvalue weighted by molar-refractivity contribution is -0.120. The van der Waals surface area contributed by atoms with Gasteiger partial charge < -0.3 is 10.6 Å². The Labute approximate surface area is 143 Å². The zero-order chi connectivity index (χ0) is 16.7. The number of rotatable bonds is 3. The fourth-order valence-corrected chi connectivity index (χ4v) is 3.87. The Bertz CT molecular complexity index is 752. The Morgan fingerprint density at radius 3 is 2.54 bits per heavy atom. The average molecular weight is 320 g/mol. The summed E-state index contributed by atoms with van der Waals surface area (Å²) >= 11 is 0. The molecule has 0 radical (unpaired) electrons. The van der Waals surface area contributed by atoms with Crippen LogP contribution in [0.3, 0.4) is 0 Å². The van der Waals surface area contributed by atoms with E-state index in [0.717, 1.165) is 11.3 Å².